The minimum Gasteiger partial charge on any atom is -0.487 e. The van der Waals surface area contributed by atoms with Gasteiger partial charge in [0.05, 0.1) is 22.9 Å². The number of amides is 1. The molecular weight excluding hydrogens is 480 g/mol. The molecule has 3 aromatic heterocycles. The number of aryl methyl sites for hydroxylation is 1. The van der Waals surface area contributed by atoms with Gasteiger partial charge in [0.25, 0.3) is 5.56 Å². The molecule has 5 heterocycles. The van der Waals surface area contributed by atoms with Gasteiger partial charge in [-0.2, -0.15) is 0 Å². The zero-order valence-electron chi connectivity index (χ0n) is 22.2. The number of pyridine rings is 2. The van der Waals surface area contributed by atoms with E-state index in [2.05, 4.69) is 28.7 Å². The quantitative estimate of drug-likeness (QED) is 0.371. The number of fused-ring (bicyclic) bond motifs is 6. The fourth-order valence-electron chi connectivity index (χ4n) is 5.86. The van der Waals surface area contributed by atoms with Crippen LogP contribution in [0.1, 0.15) is 56.6 Å². The second-order valence-electron chi connectivity index (χ2n) is 11.1. The molecule has 196 valence electrons. The highest BCUT2D eigenvalue weighted by atomic mass is 16.6. The lowest BCUT2D eigenvalue weighted by Crippen LogP contribution is -2.44. The maximum atomic E-state index is 13.1. The van der Waals surface area contributed by atoms with Gasteiger partial charge in [-0.15, -0.1) is 0 Å². The Labute approximate surface area is 221 Å². The molecule has 2 aliphatic heterocycles. The predicted molar refractivity (Wildman–Crippen MR) is 145 cm³/mol. The van der Waals surface area contributed by atoms with Crippen LogP contribution in [-0.2, 0) is 24.8 Å². The highest BCUT2D eigenvalue weighted by molar-refractivity contribution is 5.89. The molecule has 1 saturated heterocycles. The largest absolute Gasteiger partial charge is 0.487 e. The lowest BCUT2D eigenvalue weighted by atomic mass is 9.97. The molecule has 1 fully saturated rings. The summed E-state index contributed by atoms with van der Waals surface area (Å²) in [6.45, 7) is 6.02. The van der Waals surface area contributed by atoms with E-state index in [1.165, 1.54) is 17.3 Å². The molecule has 0 spiro atoms. The Balaban J connectivity index is 1.30. The van der Waals surface area contributed by atoms with E-state index in [4.69, 9.17) is 9.47 Å². The number of hydrogen-bond donors (Lipinski definition) is 0. The number of carbonyl (C=O) groups excluding carboxylic acids is 1. The summed E-state index contributed by atoms with van der Waals surface area (Å²) in [6.07, 6.45) is 5.93. The van der Waals surface area contributed by atoms with Gasteiger partial charge in [-0.3, -0.25) is 19.2 Å². The molecule has 0 radical (unpaired) electrons. The highest BCUT2D eigenvalue weighted by Gasteiger charge is 2.46. The molecule has 0 aliphatic carbocycles. The monoisotopic (exact) mass is 512 g/mol. The van der Waals surface area contributed by atoms with E-state index in [1.54, 1.807) is 23.0 Å². The number of carbonyl (C=O) groups is 1. The molecule has 2 unspecified atom stereocenters. The summed E-state index contributed by atoms with van der Waals surface area (Å²) < 4.78 is 15.4. The van der Waals surface area contributed by atoms with E-state index < -0.39 is 5.60 Å². The molecule has 1 amide bonds. The molecule has 8 heteroatoms. The van der Waals surface area contributed by atoms with Crippen molar-refractivity contribution in [2.45, 2.75) is 64.3 Å². The first-order valence-electron chi connectivity index (χ1n) is 13.1. The van der Waals surface area contributed by atoms with Gasteiger partial charge in [0.1, 0.15) is 18.0 Å². The Bertz CT molecular complexity index is 1580. The van der Waals surface area contributed by atoms with Gasteiger partial charge in [0.15, 0.2) is 0 Å². The number of ether oxygens (including phenoxy) is 2. The number of aromatic nitrogens is 3. The lowest BCUT2D eigenvalue weighted by Gasteiger charge is -2.36. The average molecular weight is 513 g/mol. The van der Waals surface area contributed by atoms with Crippen LogP contribution in [0.3, 0.4) is 0 Å². The summed E-state index contributed by atoms with van der Waals surface area (Å²) in [7, 11) is 2.07. The van der Waals surface area contributed by atoms with Crippen molar-refractivity contribution in [2.24, 2.45) is 7.05 Å². The Morgan fingerprint density at radius 2 is 1.95 bits per heavy atom. The zero-order chi connectivity index (χ0) is 26.6. The molecule has 2 atom stereocenters. The van der Waals surface area contributed by atoms with Crippen LogP contribution < -0.4 is 10.3 Å². The van der Waals surface area contributed by atoms with E-state index >= 15 is 0 Å². The Kier molecular flexibility index (Phi) is 5.78. The van der Waals surface area contributed by atoms with Crippen molar-refractivity contribution in [2.75, 3.05) is 0 Å². The van der Waals surface area contributed by atoms with Crippen LogP contribution in [0.2, 0.25) is 0 Å². The fraction of sp³-hybridized carbons (Fsp3) is 0.367. The zero-order valence-corrected chi connectivity index (χ0v) is 22.2. The summed E-state index contributed by atoms with van der Waals surface area (Å²) >= 11 is 0. The Morgan fingerprint density at radius 3 is 2.68 bits per heavy atom. The topological polar surface area (TPSA) is 78.6 Å². The molecule has 8 nitrogen and oxygen atoms in total. The second kappa shape index (κ2) is 9.04. The van der Waals surface area contributed by atoms with Crippen LogP contribution in [0.4, 0.5) is 4.79 Å². The van der Waals surface area contributed by atoms with E-state index in [0.717, 1.165) is 41.5 Å². The minimum absolute atomic E-state index is 0.00593. The number of rotatable bonds is 4. The summed E-state index contributed by atoms with van der Waals surface area (Å²) in [4.78, 5) is 32.3. The number of benzene rings is 1. The van der Waals surface area contributed by atoms with E-state index in [1.807, 2.05) is 49.9 Å². The standard InChI is InChI=1S/C30H32N4O4/c1-30(2,3)38-29(36)34-21-9-11-24(34)28-23-10-8-20(15-25(23)32(4)26(28)16-21)33-14-12-22(17-27(33)35)37-18-19-7-5-6-13-31-19/h5-8,10,12-15,17,21,24H,9,11,16,18H2,1-4H3. The SMILES string of the molecule is Cn1c2c(c3ccc(-n4ccc(OCc5ccccn5)cc4=O)cc31)C1CCC(C2)N1C(=O)OC(C)(C)C. The highest BCUT2D eigenvalue weighted by Crippen LogP contribution is 2.48. The van der Waals surface area contributed by atoms with E-state index in [-0.39, 0.29) is 23.7 Å². The molecule has 6 rings (SSSR count). The fourth-order valence-corrected chi connectivity index (χ4v) is 5.86. The molecule has 4 aromatic rings. The van der Waals surface area contributed by atoms with Gasteiger partial charge in [-0.1, -0.05) is 12.1 Å². The number of nitrogens with zero attached hydrogens (tertiary/aromatic N) is 4. The van der Waals surface area contributed by atoms with Crippen molar-refractivity contribution in [3.05, 3.63) is 88.2 Å². The second-order valence-corrected chi connectivity index (χ2v) is 11.1. The molecular formula is C30H32N4O4. The first kappa shape index (κ1) is 24.3. The molecule has 1 aromatic carbocycles. The third kappa shape index (κ3) is 4.23. The van der Waals surface area contributed by atoms with E-state index in [0.29, 0.717) is 12.4 Å². The van der Waals surface area contributed by atoms with E-state index in [9.17, 15) is 9.59 Å². The lowest BCUT2D eigenvalue weighted by molar-refractivity contribution is 0.0124. The summed E-state index contributed by atoms with van der Waals surface area (Å²) in [5.41, 5.74) is 4.40. The van der Waals surface area contributed by atoms with Gasteiger partial charge in [0.2, 0.25) is 0 Å². The molecule has 2 aliphatic rings. The van der Waals surface area contributed by atoms with Crippen LogP contribution in [0.5, 0.6) is 5.75 Å². The maximum absolute atomic E-state index is 13.1. The predicted octanol–water partition coefficient (Wildman–Crippen LogP) is 5.30. The van der Waals surface area contributed by atoms with Gasteiger partial charge < -0.3 is 14.0 Å². The summed E-state index contributed by atoms with van der Waals surface area (Å²) in [6, 6.07) is 15.2. The third-order valence-corrected chi connectivity index (χ3v) is 7.50. The molecule has 2 bridgehead atoms. The van der Waals surface area contributed by atoms with Gasteiger partial charge in [-0.25, -0.2) is 4.79 Å². The Morgan fingerprint density at radius 1 is 1.11 bits per heavy atom. The van der Waals surface area contributed by atoms with Crippen molar-refractivity contribution in [1.29, 1.82) is 0 Å². The average Bonchev–Trinajstić information content (AvgIpc) is 3.35. The van der Waals surface area contributed by atoms with Crippen LogP contribution in [0, 0.1) is 0 Å². The van der Waals surface area contributed by atoms with Crippen molar-refractivity contribution < 1.29 is 14.3 Å². The summed E-state index contributed by atoms with van der Waals surface area (Å²) in [5, 5.41) is 1.12. The first-order valence-corrected chi connectivity index (χ1v) is 13.1. The molecule has 38 heavy (non-hydrogen) atoms. The summed E-state index contributed by atoms with van der Waals surface area (Å²) in [5.74, 6) is 0.505. The number of hydrogen-bond acceptors (Lipinski definition) is 5. The van der Waals surface area contributed by atoms with Crippen molar-refractivity contribution in [3.8, 4) is 11.4 Å². The van der Waals surface area contributed by atoms with Crippen molar-refractivity contribution in [3.63, 3.8) is 0 Å². The van der Waals surface area contributed by atoms with Crippen LogP contribution in [0.25, 0.3) is 16.6 Å². The van der Waals surface area contributed by atoms with Gasteiger partial charge >= 0.3 is 6.09 Å². The van der Waals surface area contributed by atoms with Crippen molar-refractivity contribution >= 4 is 17.0 Å². The van der Waals surface area contributed by atoms with Crippen molar-refractivity contribution in [1.82, 2.24) is 19.0 Å². The Hall–Kier alpha value is -4.07. The maximum Gasteiger partial charge on any atom is 0.411 e. The molecule has 0 N–H and O–H groups in total. The van der Waals surface area contributed by atoms with Crippen LogP contribution in [-0.4, -0.2) is 36.8 Å². The van der Waals surface area contributed by atoms with Crippen LogP contribution >= 0.6 is 0 Å². The smallest absolute Gasteiger partial charge is 0.411 e. The molecule has 0 saturated carbocycles. The third-order valence-electron chi connectivity index (χ3n) is 7.50. The first-order chi connectivity index (χ1) is 18.2. The van der Waals surface area contributed by atoms with Gasteiger partial charge in [-0.05, 0) is 63.9 Å². The normalized spacial score (nSPS) is 18.5. The van der Waals surface area contributed by atoms with Crippen LogP contribution in [0.15, 0.2) is 65.7 Å². The minimum atomic E-state index is -0.531. The van der Waals surface area contributed by atoms with Gasteiger partial charge in [0, 0.05) is 54.6 Å².